The Bertz CT molecular complexity index is 280. The number of nitrogens with one attached hydrogen (secondary N) is 1. The summed E-state index contributed by atoms with van der Waals surface area (Å²) in [6.07, 6.45) is 5.46. The molecule has 1 aromatic carbocycles. The van der Waals surface area contributed by atoms with E-state index in [1.807, 2.05) is 12.1 Å². The van der Waals surface area contributed by atoms with Crippen LogP contribution in [0.5, 0.6) is 0 Å². The van der Waals surface area contributed by atoms with Crippen LogP contribution in [0.15, 0.2) is 24.3 Å². The smallest absolute Gasteiger partial charge is 0.0406 e. The minimum absolute atomic E-state index is 0. The maximum Gasteiger partial charge on any atom is 0.0406 e. The van der Waals surface area contributed by atoms with Gasteiger partial charge in [-0.3, -0.25) is 0 Å². The molecule has 0 radical (unpaired) electrons. The molecule has 0 aliphatic heterocycles. The van der Waals surface area contributed by atoms with Gasteiger partial charge in [0.15, 0.2) is 0 Å². The Hall–Kier alpha value is -0.0500. The van der Waals surface area contributed by atoms with E-state index in [-0.39, 0.29) is 17.0 Å². The van der Waals surface area contributed by atoms with Crippen LogP contribution >= 0.6 is 11.6 Å². The number of halogens is 2. The van der Waals surface area contributed by atoms with Crippen molar-refractivity contribution in [3.05, 3.63) is 34.9 Å². The molecule has 0 unspecified atom stereocenters. The zero-order chi connectivity index (χ0) is 9.80. The van der Waals surface area contributed by atoms with Crippen molar-refractivity contribution in [2.75, 3.05) is 0 Å². The molecule has 0 amide bonds. The summed E-state index contributed by atoms with van der Waals surface area (Å²) in [7, 11) is 0. The van der Waals surface area contributed by atoms with Gasteiger partial charge >= 0.3 is 0 Å². The summed E-state index contributed by atoms with van der Waals surface area (Å²) in [5, 5.41) is 4.39. The van der Waals surface area contributed by atoms with E-state index in [2.05, 4.69) is 17.4 Å². The van der Waals surface area contributed by atoms with Crippen molar-refractivity contribution in [2.45, 2.75) is 38.3 Å². The number of hydrogen-bond acceptors (Lipinski definition) is 1. The van der Waals surface area contributed by atoms with E-state index in [1.54, 1.807) is 0 Å². The molecule has 1 aliphatic rings. The summed E-state index contributed by atoms with van der Waals surface area (Å²) >= 11 is 5.82. The molecule has 1 N–H and O–H groups in total. The lowest BCUT2D eigenvalue weighted by atomic mass is 10.2. The van der Waals surface area contributed by atoms with Crippen LogP contribution in [0, 0.1) is 0 Å². The third kappa shape index (κ3) is 4.13. The third-order valence-corrected chi connectivity index (χ3v) is 3.12. The van der Waals surface area contributed by atoms with Gasteiger partial charge < -0.3 is 22.3 Å². The highest BCUT2D eigenvalue weighted by atomic mass is 79.9. The highest BCUT2D eigenvalue weighted by Gasteiger charge is 2.13. The second-order valence-corrected chi connectivity index (χ2v) is 4.43. The molecule has 0 heterocycles. The molecular formula is C12H16BrClN-. The first-order valence-corrected chi connectivity index (χ1v) is 5.70. The lowest BCUT2D eigenvalue weighted by Gasteiger charge is -2.11. The zero-order valence-corrected chi connectivity index (χ0v) is 11.0. The Kier molecular flexibility index (Phi) is 5.65. The van der Waals surface area contributed by atoms with Gasteiger partial charge in [0.05, 0.1) is 0 Å². The SMILES string of the molecule is Clc1ccc(CNC2CCCC2)cc1.[Br-]. The van der Waals surface area contributed by atoms with Crippen molar-refractivity contribution in [2.24, 2.45) is 0 Å². The van der Waals surface area contributed by atoms with Gasteiger partial charge in [0.2, 0.25) is 0 Å². The monoisotopic (exact) mass is 288 g/mol. The first-order valence-electron chi connectivity index (χ1n) is 5.32. The van der Waals surface area contributed by atoms with Crippen LogP contribution in [0.25, 0.3) is 0 Å². The maximum absolute atomic E-state index is 5.82. The average Bonchev–Trinajstić information content (AvgIpc) is 2.70. The minimum Gasteiger partial charge on any atom is -1.00 e. The van der Waals surface area contributed by atoms with Gasteiger partial charge in [0, 0.05) is 17.6 Å². The molecule has 1 nitrogen and oxygen atoms in total. The van der Waals surface area contributed by atoms with E-state index < -0.39 is 0 Å². The molecule has 1 aromatic rings. The van der Waals surface area contributed by atoms with Gasteiger partial charge in [0.25, 0.3) is 0 Å². The van der Waals surface area contributed by atoms with Gasteiger partial charge in [-0.25, -0.2) is 0 Å². The summed E-state index contributed by atoms with van der Waals surface area (Å²) in [6, 6.07) is 8.82. The van der Waals surface area contributed by atoms with Crippen molar-refractivity contribution in [1.82, 2.24) is 5.32 Å². The van der Waals surface area contributed by atoms with E-state index in [0.717, 1.165) is 17.6 Å². The molecule has 84 valence electrons. The zero-order valence-electron chi connectivity index (χ0n) is 8.68. The summed E-state index contributed by atoms with van der Waals surface area (Å²) in [5.41, 5.74) is 1.32. The van der Waals surface area contributed by atoms with Crippen LogP contribution in [0.3, 0.4) is 0 Å². The van der Waals surface area contributed by atoms with E-state index in [4.69, 9.17) is 11.6 Å². The summed E-state index contributed by atoms with van der Waals surface area (Å²) in [6.45, 7) is 0.974. The van der Waals surface area contributed by atoms with Crippen LogP contribution in [-0.2, 0) is 6.54 Å². The molecule has 0 aromatic heterocycles. The van der Waals surface area contributed by atoms with E-state index in [9.17, 15) is 0 Å². The van der Waals surface area contributed by atoms with Crippen molar-refractivity contribution < 1.29 is 17.0 Å². The van der Waals surface area contributed by atoms with Gasteiger partial charge in [-0.05, 0) is 30.5 Å². The second-order valence-electron chi connectivity index (χ2n) is 3.99. The van der Waals surface area contributed by atoms with Crippen LogP contribution < -0.4 is 22.3 Å². The van der Waals surface area contributed by atoms with Crippen molar-refractivity contribution >= 4 is 11.6 Å². The Morgan fingerprint density at radius 2 is 1.73 bits per heavy atom. The molecule has 1 aliphatic carbocycles. The number of benzene rings is 1. The topological polar surface area (TPSA) is 12.0 Å². The first-order chi connectivity index (χ1) is 6.84. The van der Waals surface area contributed by atoms with Crippen molar-refractivity contribution in [1.29, 1.82) is 0 Å². The fourth-order valence-electron chi connectivity index (χ4n) is 1.99. The minimum atomic E-state index is 0. The fourth-order valence-corrected chi connectivity index (χ4v) is 2.12. The van der Waals surface area contributed by atoms with Crippen LogP contribution in [0.4, 0.5) is 0 Å². The molecular weight excluding hydrogens is 273 g/mol. The summed E-state index contributed by atoms with van der Waals surface area (Å²) in [4.78, 5) is 0. The highest BCUT2D eigenvalue weighted by Crippen LogP contribution is 2.18. The predicted molar refractivity (Wildman–Crippen MR) is 60.5 cm³/mol. The van der Waals surface area contributed by atoms with Crippen LogP contribution in [-0.4, -0.2) is 6.04 Å². The van der Waals surface area contributed by atoms with E-state index >= 15 is 0 Å². The molecule has 1 saturated carbocycles. The molecule has 0 atom stereocenters. The van der Waals surface area contributed by atoms with E-state index in [1.165, 1.54) is 31.2 Å². The Morgan fingerprint density at radius 3 is 2.33 bits per heavy atom. The van der Waals surface area contributed by atoms with Crippen molar-refractivity contribution in [3.63, 3.8) is 0 Å². The van der Waals surface area contributed by atoms with Crippen LogP contribution in [0.1, 0.15) is 31.2 Å². The fraction of sp³-hybridized carbons (Fsp3) is 0.500. The van der Waals surface area contributed by atoms with Gasteiger partial charge in [-0.1, -0.05) is 36.6 Å². The second kappa shape index (κ2) is 6.51. The van der Waals surface area contributed by atoms with Gasteiger partial charge in [-0.15, -0.1) is 0 Å². The Morgan fingerprint density at radius 1 is 1.13 bits per heavy atom. The molecule has 15 heavy (non-hydrogen) atoms. The summed E-state index contributed by atoms with van der Waals surface area (Å²) < 4.78 is 0. The largest absolute Gasteiger partial charge is 1.00 e. The molecule has 1 fully saturated rings. The molecule has 0 bridgehead atoms. The molecule has 3 heteroatoms. The number of hydrogen-bond donors (Lipinski definition) is 1. The third-order valence-electron chi connectivity index (χ3n) is 2.86. The lowest BCUT2D eigenvalue weighted by Crippen LogP contribution is -3.00. The van der Waals surface area contributed by atoms with Gasteiger partial charge in [-0.2, -0.15) is 0 Å². The number of rotatable bonds is 3. The van der Waals surface area contributed by atoms with E-state index in [0.29, 0.717) is 0 Å². The van der Waals surface area contributed by atoms with Crippen molar-refractivity contribution in [3.8, 4) is 0 Å². The normalized spacial score (nSPS) is 16.3. The Balaban J connectivity index is 0.00000112. The predicted octanol–water partition coefficient (Wildman–Crippen LogP) is 0.376. The summed E-state index contributed by atoms with van der Waals surface area (Å²) in [5.74, 6) is 0. The van der Waals surface area contributed by atoms with Crippen LogP contribution in [0.2, 0.25) is 5.02 Å². The lowest BCUT2D eigenvalue weighted by molar-refractivity contribution is -0.00000287. The standard InChI is InChI=1S/C12H16ClN.BrH/c13-11-7-5-10(6-8-11)9-14-12-3-1-2-4-12;/h5-8,12,14H,1-4,9H2;1H/p-1. The highest BCUT2D eigenvalue weighted by molar-refractivity contribution is 6.30. The quantitative estimate of drug-likeness (QED) is 0.848. The Labute approximate surface area is 107 Å². The molecule has 0 spiro atoms. The first kappa shape index (κ1) is 13.0. The average molecular weight is 290 g/mol. The molecule has 0 saturated heterocycles. The molecule has 2 rings (SSSR count). The van der Waals surface area contributed by atoms with Gasteiger partial charge in [0.1, 0.15) is 0 Å². The maximum atomic E-state index is 5.82.